The van der Waals surface area contributed by atoms with E-state index in [1.54, 1.807) is 0 Å². The Labute approximate surface area is 150 Å². The fourth-order valence-corrected chi connectivity index (χ4v) is 8.73. The van der Waals surface area contributed by atoms with Crippen LogP contribution in [0.1, 0.15) is 91.4 Å². The number of rotatable bonds is 3. The zero-order chi connectivity index (χ0) is 16.9. The summed E-state index contributed by atoms with van der Waals surface area (Å²) in [6.07, 6.45) is 15.8. The minimum atomic E-state index is 0.389. The summed E-state index contributed by atoms with van der Waals surface area (Å²) in [6.45, 7) is 8.32. The normalized spacial score (nSPS) is 54.0. The van der Waals surface area contributed by atoms with Crippen molar-refractivity contribution in [3.05, 3.63) is 0 Å². The molecule has 8 atom stereocenters. The van der Waals surface area contributed by atoms with Crippen molar-refractivity contribution < 1.29 is 5.11 Å². The summed E-state index contributed by atoms with van der Waals surface area (Å²) in [6, 6.07) is 0. The molecule has 1 nitrogen and oxygen atoms in total. The highest BCUT2D eigenvalue weighted by atomic mass is 16.2. The van der Waals surface area contributed by atoms with Crippen molar-refractivity contribution in [3.8, 4) is 0 Å². The van der Waals surface area contributed by atoms with Gasteiger partial charge in [0.1, 0.15) is 0 Å². The molecule has 4 saturated carbocycles. The predicted molar refractivity (Wildman–Crippen MR) is 101 cm³/mol. The Hall–Kier alpha value is -0.0400. The number of fused-ring (bicyclic) bond motifs is 5. The maximum absolute atomic E-state index is 9.29. The van der Waals surface area contributed by atoms with Crippen molar-refractivity contribution in [2.24, 2.45) is 46.3 Å². The molecule has 0 spiro atoms. The van der Waals surface area contributed by atoms with Crippen LogP contribution in [0.15, 0.2) is 0 Å². The molecule has 6 unspecified atom stereocenters. The molecule has 1 heteroatoms. The molecule has 0 saturated heterocycles. The van der Waals surface area contributed by atoms with Gasteiger partial charge in [-0.05, 0) is 104 Å². The van der Waals surface area contributed by atoms with Crippen molar-refractivity contribution >= 4 is 0 Å². The highest BCUT2D eigenvalue weighted by Gasteiger charge is 2.60. The van der Waals surface area contributed by atoms with Gasteiger partial charge >= 0.3 is 0 Å². The van der Waals surface area contributed by atoms with E-state index in [9.17, 15) is 5.11 Å². The molecule has 0 bridgehead atoms. The lowest BCUT2D eigenvalue weighted by Gasteiger charge is -2.62. The second-order valence-electron chi connectivity index (χ2n) is 10.6. The molecule has 0 aromatic carbocycles. The summed E-state index contributed by atoms with van der Waals surface area (Å²) in [5.41, 5.74) is 1.25. The van der Waals surface area contributed by atoms with E-state index in [4.69, 9.17) is 0 Å². The zero-order valence-corrected chi connectivity index (χ0v) is 16.4. The van der Waals surface area contributed by atoms with E-state index in [1.807, 2.05) is 0 Å². The lowest BCUT2D eigenvalue weighted by molar-refractivity contribution is -0.132. The molecular weight excluding hydrogens is 292 g/mol. The smallest absolute Gasteiger partial charge is 0.0431 e. The highest BCUT2D eigenvalue weighted by molar-refractivity contribution is 5.09. The molecule has 0 heterocycles. The number of hydrogen-bond donors (Lipinski definition) is 1. The van der Waals surface area contributed by atoms with Crippen LogP contribution in [-0.2, 0) is 0 Å². The minimum Gasteiger partial charge on any atom is -0.396 e. The minimum absolute atomic E-state index is 0.389. The Morgan fingerprint density at radius 1 is 0.875 bits per heavy atom. The van der Waals surface area contributed by atoms with E-state index in [-0.39, 0.29) is 0 Å². The lowest BCUT2D eigenvalue weighted by atomic mass is 9.43. The van der Waals surface area contributed by atoms with Gasteiger partial charge in [0, 0.05) is 6.61 Å². The first-order valence-electron chi connectivity index (χ1n) is 11.1. The number of aliphatic hydroxyl groups excluding tert-OH is 1. The molecule has 4 fully saturated rings. The zero-order valence-electron chi connectivity index (χ0n) is 16.4. The van der Waals surface area contributed by atoms with Gasteiger partial charge in [-0.2, -0.15) is 0 Å². The van der Waals surface area contributed by atoms with Crippen LogP contribution < -0.4 is 0 Å². The van der Waals surface area contributed by atoms with E-state index < -0.39 is 0 Å². The van der Waals surface area contributed by atoms with Gasteiger partial charge in [-0.1, -0.05) is 33.6 Å². The van der Waals surface area contributed by atoms with Crippen LogP contribution in [0.25, 0.3) is 0 Å². The fourth-order valence-electron chi connectivity index (χ4n) is 8.73. The standard InChI is InChI=1S/C23H40O/c1-16-15-18-20-10-9-17(7-6-14-24)22(20,2)13-11-21(18)23(3)12-5-4-8-19(16)23/h16-21,24H,4-15H2,1-3H3/t16-,17?,18?,19?,20?,21-,22?,23?/m0/s1. The van der Waals surface area contributed by atoms with Crippen molar-refractivity contribution in [1.29, 1.82) is 0 Å². The Kier molecular flexibility index (Phi) is 4.55. The van der Waals surface area contributed by atoms with E-state index in [0.29, 0.717) is 17.4 Å². The first-order valence-corrected chi connectivity index (χ1v) is 11.1. The first-order chi connectivity index (χ1) is 11.5. The Balaban J connectivity index is 1.59. The van der Waals surface area contributed by atoms with Gasteiger partial charge in [0.25, 0.3) is 0 Å². The molecule has 138 valence electrons. The third-order valence-corrected chi connectivity index (χ3v) is 9.85. The van der Waals surface area contributed by atoms with E-state index >= 15 is 0 Å². The third kappa shape index (κ3) is 2.43. The summed E-state index contributed by atoms with van der Waals surface area (Å²) in [5.74, 6) is 5.88. The summed E-state index contributed by atoms with van der Waals surface area (Å²) in [5, 5.41) is 9.29. The molecule has 4 aliphatic carbocycles. The average Bonchev–Trinajstić information content (AvgIpc) is 2.89. The molecule has 1 N–H and O–H groups in total. The largest absolute Gasteiger partial charge is 0.396 e. The maximum Gasteiger partial charge on any atom is 0.0431 e. The Bertz CT molecular complexity index is 459. The SMILES string of the molecule is C[C@H]1CC2C3CCC(CCCO)C3(C)CC[C@@H]2C2(C)CCCCC12. The number of hydrogen-bond acceptors (Lipinski definition) is 1. The van der Waals surface area contributed by atoms with Gasteiger partial charge in [-0.15, -0.1) is 0 Å². The maximum atomic E-state index is 9.29. The topological polar surface area (TPSA) is 20.2 Å². The van der Waals surface area contributed by atoms with Gasteiger partial charge in [0.15, 0.2) is 0 Å². The quantitative estimate of drug-likeness (QED) is 0.666. The van der Waals surface area contributed by atoms with Crippen LogP contribution in [-0.4, -0.2) is 11.7 Å². The molecule has 0 amide bonds. The fraction of sp³-hybridized carbons (Fsp3) is 1.00. The van der Waals surface area contributed by atoms with Gasteiger partial charge < -0.3 is 5.11 Å². The summed E-state index contributed by atoms with van der Waals surface area (Å²) in [7, 11) is 0. The summed E-state index contributed by atoms with van der Waals surface area (Å²) in [4.78, 5) is 0. The molecule has 0 radical (unpaired) electrons. The van der Waals surface area contributed by atoms with Crippen LogP contribution >= 0.6 is 0 Å². The van der Waals surface area contributed by atoms with E-state index in [0.717, 1.165) is 41.9 Å². The van der Waals surface area contributed by atoms with Gasteiger partial charge in [-0.3, -0.25) is 0 Å². The third-order valence-electron chi connectivity index (χ3n) is 9.85. The molecule has 4 rings (SSSR count). The van der Waals surface area contributed by atoms with Crippen LogP contribution in [0.3, 0.4) is 0 Å². The van der Waals surface area contributed by atoms with Crippen molar-refractivity contribution in [2.75, 3.05) is 6.61 Å². The molecule has 0 aromatic rings. The van der Waals surface area contributed by atoms with Crippen LogP contribution in [0.2, 0.25) is 0 Å². The van der Waals surface area contributed by atoms with Gasteiger partial charge in [0.05, 0.1) is 0 Å². The molecule has 0 aliphatic heterocycles. The van der Waals surface area contributed by atoms with Crippen molar-refractivity contribution in [2.45, 2.75) is 91.4 Å². The van der Waals surface area contributed by atoms with E-state index in [2.05, 4.69) is 20.8 Å². The van der Waals surface area contributed by atoms with Gasteiger partial charge in [0.2, 0.25) is 0 Å². The first kappa shape index (κ1) is 17.4. The molecule has 0 aromatic heterocycles. The van der Waals surface area contributed by atoms with E-state index in [1.165, 1.54) is 64.2 Å². The number of aliphatic hydroxyl groups is 1. The Morgan fingerprint density at radius 3 is 2.46 bits per heavy atom. The predicted octanol–water partition coefficient (Wildman–Crippen LogP) is 6.05. The monoisotopic (exact) mass is 332 g/mol. The van der Waals surface area contributed by atoms with Crippen LogP contribution in [0, 0.1) is 46.3 Å². The highest BCUT2D eigenvalue weighted by Crippen LogP contribution is 2.68. The Morgan fingerprint density at radius 2 is 1.67 bits per heavy atom. The lowest BCUT2D eigenvalue weighted by Crippen LogP contribution is -2.55. The molecule has 24 heavy (non-hydrogen) atoms. The van der Waals surface area contributed by atoms with Crippen LogP contribution in [0.4, 0.5) is 0 Å². The summed E-state index contributed by atoms with van der Waals surface area (Å²) < 4.78 is 0. The summed E-state index contributed by atoms with van der Waals surface area (Å²) >= 11 is 0. The molecular formula is C23H40O. The average molecular weight is 333 g/mol. The second kappa shape index (κ2) is 6.29. The van der Waals surface area contributed by atoms with Gasteiger partial charge in [-0.25, -0.2) is 0 Å². The van der Waals surface area contributed by atoms with Crippen molar-refractivity contribution in [1.82, 2.24) is 0 Å². The second-order valence-corrected chi connectivity index (χ2v) is 10.6. The van der Waals surface area contributed by atoms with Crippen molar-refractivity contribution in [3.63, 3.8) is 0 Å². The van der Waals surface area contributed by atoms with Crippen LogP contribution in [0.5, 0.6) is 0 Å². The molecule has 4 aliphatic rings.